The second-order valence-electron chi connectivity index (χ2n) is 3.86. The molecule has 0 N–H and O–H groups in total. The molecule has 1 aromatic rings. The highest BCUT2D eigenvalue weighted by molar-refractivity contribution is 6.36. The van der Waals surface area contributed by atoms with Gasteiger partial charge >= 0.3 is 11.7 Å². The molecule has 0 aliphatic heterocycles. The fourth-order valence-corrected chi connectivity index (χ4v) is 1.87. The Kier molecular flexibility index (Phi) is 6.54. The number of benzene rings is 1. The molecule has 0 aliphatic carbocycles. The van der Waals surface area contributed by atoms with Crippen LogP contribution < -0.4 is 4.74 Å². The molecular formula is C12H13Cl2NO5. The second kappa shape index (κ2) is 7.91. The summed E-state index contributed by atoms with van der Waals surface area (Å²) in [4.78, 5) is 21.6. The van der Waals surface area contributed by atoms with Crippen LogP contribution in [0.4, 0.5) is 5.69 Å². The number of nitro benzene ring substituents is 1. The van der Waals surface area contributed by atoms with Gasteiger partial charge in [-0.2, -0.15) is 0 Å². The Balaban J connectivity index is 2.72. The molecule has 0 radical (unpaired) electrons. The Labute approximate surface area is 125 Å². The van der Waals surface area contributed by atoms with E-state index in [1.54, 1.807) is 0 Å². The molecule has 0 unspecified atom stereocenters. The summed E-state index contributed by atoms with van der Waals surface area (Å²) in [5, 5.41) is 10.9. The van der Waals surface area contributed by atoms with Gasteiger partial charge in [0.05, 0.1) is 16.6 Å². The smallest absolute Gasteiger partial charge is 0.344 e. The average Bonchev–Trinajstić information content (AvgIpc) is 2.37. The van der Waals surface area contributed by atoms with Crippen LogP contribution in [0.25, 0.3) is 0 Å². The summed E-state index contributed by atoms with van der Waals surface area (Å²) in [5.41, 5.74) is -0.399. The van der Waals surface area contributed by atoms with E-state index in [-0.39, 0.29) is 22.4 Å². The van der Waals surface area contributed by atoms with Crippen LogP contribution in [-0.2, 0) is 9.53 Å². The van der Waals surface area contributed by atoms with Crippen LogP contribution in [0.15, 0.2) is 12.1 Å². The SMILES string of the molecule is CCCCOC(=O)COc1c(Cl)cc(Cl)cc1[N+](=O)[O-]. The molecule has 0 bridgehead atoms. The number of halogens is 2. The zero-order valence-corrected chi connectivity index (χ0v) is 12.2. The third-order valence-corrected chi connectivity index (χ3v) is 2.78. The zero-order chi connectivity index (χ0) is 15.1. The third-order valence-electron chi connectivity index (χ3n) is 2.28. The van der Waals surface area contributed by atoms with Crippen molar-refractivity contribution in [1.82, 2.24) is 0 Å². The van der Waals surface area contributed by atoms with Crippen LogP contribution in [0.3, 0.4) is 0 Å². The molecule has 110 valence electrons. The predicted octanol–water partition coefficient (Wildman–Crippen LogP) is 3.62. The molecule has 0 saturated carbocycles. The number of carbonyl (C=O) groups excluding carboxylic acids is 1. The maximum Gasteiger partial charge on any atom is 0.344 e. The van der Waals surface area contributed by atoms with E-state index in [1.807, 2.05) is 6.92 Å². The highest BCUT2D eigenvalue weighted by Gasteiger charge is 2.21. The molecule has 20 heavy (non-hydrogen) atoms. The third kappa shape index (κ3) is 4.86. The Morgan fingerprint density at radius 2 is 2.10 bits per heavy atom. The lowest BCUT2D eigenvalue weighted by Crippen LogP contribution is -2.16. The van der Waals surface area contributed by atoms with E-state index < -0.39 is 23.2 Å². The van der Waals surface area contributed by atoms with Crippen LogP contribution in [-0.4, -0.2) is 24.1 Å². The van der Waals surface area contributed by atoms with Gasteiger partial charge in [-0.15, -0.1) is 0 Å². The summed E-state index contributed by atoms with van der Waals surface area (Å²) >= 11 is 11.5. The van der Waals surface area contributed by atoms with E-state index in [4.69, 9.17) is 32.7 Å². The zero-order valence-electron chi connectivity index (χ0n) is 10.7. The normalized spacial score (nSPS) is 10.2. The highest BCUT2D eigenvalue weighted by atomic mass is 35.5. The van der Waals surface area contributed by atoms with E-state index in [2.05, 4.69) is 0 Å². The molecule has 1 aromatic carbocycles. The van der Waals surface area contributed by atoms with E-state index >= 15 is 0 Å². The Morgan fingerprint density at radius 3 is 2.70 bits per heavy atom. The van der Waals surface area contributed by atoms with Crippen molar-refractivity contribution in [2.24, 2.45) is 0 Å². The lowest BCUT2D eigenvalue weighted by molar-refractivity contribution is -0.385. The molecule has 0 amide bonds. The molecule has 0 aliphatic rings. The number of ether oxygens (including phenoxy) is 2. The number of carbonyl (C=O) groups is 1. The first-order valence-electron chi connectivity index (χ1n) is 5.87. The van der Waals surface area contributed by atoms with E-state index in [0.29, 0.717) is 0 Å². The van der Waals surface area contributed by atoms with Crippen molar-refractivity contribution < 1.29 is 19.2 Å². The van der Waals surface area contributed by atoms with E-state index in [9.17, 15) is 14.9 Å². The number of unbranched alkanes of at least 4 members (excludes halogenated alkanes) is 1. The van der Waals surface area contributed by atoms with Crippen molar-refractivity contribution >= 4 is 34.9 Å². The number of hydrogen-bond acceptors (Lipinski definition) is 5. The van der Waals surface area contributed by atoms with Crippen LogP contribution in [0.5, 0.6) is 5.75 Å². The molecule has 0 spiro atoms. The minimum Gasteiger partial charge on any atom is -0.474 e. The first kappa shape index (κ1) is 16.5. The number of nitrogens with zero attached hydrogens (tertiary/aromatic N) is 1. The number of nitro groups is 1. The summed E-state index contributed by atoms with van der Waals surface area (Å²) in [6.45, 7) is 1.79. The van der Waals surface area contributed by atoms with Gasteiger partial charge in [0, 0.05) is 11.1 Å². The number of esters is 1. The van der Waals surface area contributed by atoms with Gasteiger partial charge < -0.3 is 9.47 Å². The van der Waals surface area contributed by atoms with Crippen LogP contribution in [0.1, 0.15) is 19.8 Å². The lowest BCUT2D eigenvalue weighted by atomic mass is 10.3. The summed E-state index contributed by atoms with van der Waals surface area (Å²) < 4.78 is 9.94. The molecule has 0 atom stereocenters. The standard InChI is InChI=1S/C12H13Cl2NO5/c1-2-3-4-19-11(16)7-20-12-9(14)5-8(13)6-10(12)15(17)18/h5-6H,2-4,7H2,1H3. The minimum absolute atomic E-state index is 0.0365. The highest BCUT2D eigenvalue weighted by Crippen LogP contribution is 2.37. The summed E-state index contributed by atoms with van der Waals surface area (Å²) in [7, 11) is 0. The molecule has 0 aromatic heterocycles. The van der Waals surface area contributed by atoms with Crippen LogP contribution >= 0.6 is 23.2 Å². The fourth-order valence-electron chi connectivity index (χ4n) is 1.33. The van der Waals surface area contributed by atoms with Crippen molar-refractivity contribution in [3.8, 4) is 5.75 Å². The van der Waals surface area contributed by atoms with Gasteiger partial charge in [-0.1, -0.05) is 36.5 Å². The van der Waals surface area contributed by atoms with Crippen LogP contribution in [0.2, 0.25) is 10.0 Å². The van der Waals surface area contributed by atoms with Crippen molar-refractivity contribution in [2.75, 3.05) is 13.2 Å². The van der Waals surface area contributed by atoms with Gasteiger partial charge in [0.1, 0.15) is 0 Å². The Bertz CT molecular complexity index is 507. The molecule has 1 rings (SSSR count). The quantitative estimate of drug-likeness (QED) is 0.331. The number of hydrogen-bond donors (Lipinski definition) is 0. The van der Waals surface area contributed by atoms with Crippen molar-refractivity contribution in [1.29, 1.82) is 0 Å². The molecule has 0 saturated heterocycles. The Hall–Kier alpha value is -1.53. The monoisotopic (exact) mass is 321 g/mol. The topological polar surface area (TPSA) is 78.7 Å². The molecule has 0 fully saturated rings. The molecule has 0 heterocycles. The molecule has 6 nitrogen and oxygen atoms in total. The van der Waals surface area contributed by atoms with Gasteiger partial charge in [-0.3, -0.25) is 10.1 Å². The Morgan fingerprint density at radius 1 is 1.40 bits per heavy atom. The van der Waals surface area contributed by atoms with Gasteiger partial charge in [-0.25, -0.2) is 4.79 Å². The first-order valence-corrected chi connectivity index (χ1v) is 6.63. The van der Waals surface area contributed by atoms with Crippen molar-refractivity contribution in [3.63, 3.8) is 0 Å². The maximum absolute atomic E-state index is 11.4. The summed E-state index contributed by atoms with van der Waals surface area (Å²) in [6.07, 6.45) is 1.64. The average molecular weight is 322 g/mol. The van der Waals surface area contributed by atoms with Gasteiger partial charge in [0.25, 0.3) is 0 Å². The van der Waals surface area contributed by atoms with Gasteiger partial charge in [-0.05, 0) is 12.5 Å². The van der Waals surface area contributed by atoms with E-state index in [1.165, 1.54) is 6.07 Å². The first-order chi connectivity index (χ1) is 9.45. The summed E-state index contributed by atoms with van der Waals surface area (Å²) in [5.74, 6) is -0.813. The van der Waals surface area contributed by atoms with Gasteiger partial charge in [0.2, 0.25) is 5.75 Å². The van der Waals surface area contributed by atoms with Gasteiger partial charge in [0.15, 0.2) is 6.61 Å². The van der Waals surface area contributed by atoms with Crippen LogP contribution in [0, 0.1) is 10.1 Å². The lowest BCUT2D eigenvalue weighted by Gasteiger charge is -2.09. The van der Waals surface area contributed by atoms with Crippen molar-refractivity contribution in [2.45, 2.75) is 19.8 Å². The predicted molar refractivity (Wildman–Crippen MR) is 74.5 cm³/mol. The summed E-state index contributed by atoms with van der Waals surface area (Å²) in [6, 6.07) is 2.40. The molecule has 8 heteroatoms. The maximum atomic E-state index is 11.4. The largest absolute Gasteiger partial charge is 0.474 e. The fraction of sp³-hybridized carbons (Fsp3) is 0.417. The van der Waals surface area contributed by atoms with Crippen molar-refractivity contribution in [3.05, 3.63) is 32.3 Å². The van der Waals surface area contributed by atoms with E-state index in [0.717, 1.165) is 18.9 Å². The minimum atomic E-state index is -0.685. The number of rotatable bonds is 7. The molecular weight excluding hydrogens is 309 g/mol. The second-order valence-corrected chi connectivity index (χ2v) is 4.70.